The van der Waals surface area contributed by atoms with Crippen molar-refractivity contribution in [2.45, 2.75) is 19.7 Å². The van der Waals surface area contributed by atoms with Crippen LogP contribution < -0.4 is 4.74 Å². The van der Waals surface area contributed by atoms with E-state index in [-0.39, 0.29) is 0 Å². The Morgan fingerprint density at radius 2 is 2.11 bits per heavy atom. The van der Waals surface area contributed by atoms with Crippen LogP contribution in [0.15, 0.2) is 22.7 Å². The zero-order valence-electron chi connectivity index (χ0n) is 10.5. The molecule has 0 fully saturated rings. The van der Waals surface area contributed by atoms with Gasteiger partial charge in [0.15, 0.2) is 0 Å². The quantitative estimate of drug-likeness (QED) is 0.784. The summed E-state index contributed by atoms with van der Waals surface area (Å²) in [6, 6.07) is 5.93. The van der Waals surface area contributed by atoms with E-state index < -0.39 is 0 Å². The van der Waals surface area contributed by atoms with E-state index in [4.69, 9.17) is 16.3 Å². The molecule has 2 aromatic rings. The van der Waals surface area contributed by atoms with Crippen LogP contribution >= 0.6 is 27.5 Å². The van der Waals surface area contributed by atoms with E-state index in [2.05, 4.69) is 21.0 Å². The van der Waals surface area contributed by atoms with Crippen LogP contribution in [-0.2, 0) is 12.9 Å². The lowest BCUT2D eigenvalue weighted by molar-refractivity contribution is 0.424. The van der Waals surface area contributed by atoms with Crippen molar-refractivity contribution in [3.63, 3.8) is 0 Å². The first-order valence-electron chi connectivity index (χ1n) is 5.55. The zero-order chi connectivity index (χ0) is 13.3. The maximum Gasteiger partial charge on any atom is 0.222 e. The van der Waals surface area contributed by atoms with Crippen LogP contribution in [0.3, 0.4) is 0 Å². The minimum atomic E-state index is 0.391. The number of rotatable bonds is 3. The van der Waals surface area contributed by atoms with E-state index in [1.165, 1.54) is 0 Å². The largest absolute Gasteiger partial charge is 0.439 e. The SMILES string of the molecule is Cc1ccc(Br)cc1Oc1c(CCl)c(C)nn1C. The Hall–Kier alpha value is -1.00. The highest BCUT2D eigenvalue weighted by Crippen LogP contribution is 2.31. The average Bonchev–Trinajstić information content (AvgIpc) is 2.58. The van der Waals surface area contributed by atoms with Crippen molar-refractivity contribution in [3.8, 4) is 11.6 Å². The number of alkyl halides is 1. The van der Waals surface area contributed by atoms with Crippen molar-refractivity contribution in [2.24, 2.45) is 7.05 Å². The van der Waals surface area contributed by atoms with E-state index in [9.17, 15) is 0 Å². The number of benzene rings is 1. The molecule has 1 aromatic heterocycles. The second kappa shape index (κ2) is 5.33. The molecule has 0 saturated carbocycles. The summed E-state index contributed by atoms with van der Waals surface area (Å²) in [5.41, 5.74) is 2.89. The highest BCUT2D eigenvalue weighted by atomic mass is 79.9. The minimum Gasteiger partial charge on any atom is -0.439 e. The number of aryl methyl sites for hydroxylation is 3. The number of aromatic nitrogens is 2. The van der Waals surface area contributed by atoms with Crippen LogP contribution in [-0.4, -0.2) is 9.78 Å². The monoisotopic (exact) mass is 328 g/mol. The second-order valence-corrected chi connectivity index (χ2v) is 5.32. The predicted molar refractivity (Wildman–Crippen MR) is 76.5 cm³/mol. The third kappa shape index (κ3) is 2.54. The fourth-order valence-electron chi connectivity index (χ4n) is 1.75. The molecule has 0 aliphatic carbocycles. The molecule has 5 heteroatoms. The number of nitrogens with zero attached hydrogens (tertiary/aromatic N) is 2. The summed E-state index contributed by atoms with van der Waals surface area (Å²) < 4.78 is 8.65. The van der Waals surface area contributed by atoms with Crippen LogP contribution in [0.25, 0.3) is 0 Å². The Labute approximate surface area is 120 Å². The molecule has 0 unspecified atom stereocenters. The predicted octanol–water partition coefficient (Wildman–Crippen LogP) is 4.33. The number of hydrogen-bond donors (Lipinski definition) is 0. The molecule has 3 nitrogen and oxygen atoms in total. The molecule has 2 rings (SSSR count). The van der Waals surface area contributed by atoms with Crippen molar-refractivity contribution in [1.29, 1.82) is 0 Å². The van der Waals surface area contributed by atoms with Gasteiger partial charge in [-0.2, -0.15) is 5.10 Å². The first-order chi connectivity index (χ1) is 8.52. The summed E-state index contributed by atoms with van der Waals surface area (Å²) in [6.45, 7) is 3.93. The van der Waals surface area contributed by atoms with Gasteiger partial charge in [0.25, 0.3) is 0 Å². The second-order valence-electron chi connectivity index (χ2n) is 4.14. The molecule has 1 heterocycles. The Balaban J connectivity index is 2.42. The lowest BCUT2D eigenvalue weighted by Crippen LogP contribution is -1.97. The molecule has 0 saturated heterocycles. The molecule has 0 spiro atoms. The third-order valence-electron chi connectivity index (χ3n) is 2.78. The van der Waals surface area contributed by atoms with E-state index in [1.807, 2.05) is 39.1 Å². The molecule has 0 aliphatic heterocycles. The van der Waals surface area contributed by atoms with Crippen molar-refractivity contribution in [2.75, 3.05) is 0 Å². The summed E-state index contributed by atoms with van der Waals surface area (Å²) in [7, 11) is 1.85. The molecule has 0 aliphatic rings. The summed E-state index contributed by atoms with van der Waals surface area (Å²) in [5, 5.41) is 4.33. The topological polar surface area (TPSA) is 27.1 Å². The highest BCUT2D eigenvalue weighted by molar-refractivity contribution is 9.10. The van der Waals surface area contributed by atoms with Gasteiger partial charge in [-0.25, -0.2) is 4.68 Å². The van der Waals surface area contributed by atoms with Gasteiger partial charge in [-0.05, 0) is 31.5 Å². The van der Waals surface area contributed by atoms with Crippen molar-refractivity contribution in [1.82, 2.24) is 9.78 Å². The summed E-state index contributed by atoms with van der Waals surface area (Å²) in [4.78, 5) is 0. The van der Waals surface area contributed by atoms with Crippen molar-refractivity contribution >= 4 is 27.5 Å². The molecular weight excluding hydrogens is 316 g/mol. The fraction of sp³-hybridized carbons (Fsp3) is 0.308. The Morgan fingerprint density at radius 3 is 2.78 bits per heavy atom. The van der Waals surface area contributed by atoms with Gasteiger partial charge in [0.2, 0.25) is 5.88 Å². The fourth-order valence-corrected chi connectivity index (χ4v) is 2.40. The van der Waals surface area contributed by atoms with E-state index >= 15 is 0 Å². The first kappa shape index (κ1) is 13.4. The number of hydrogen-bond acceptors (Lipinski definition) is 2. The molecule has 0 amide bonds. The van der Waals surface area contributed by atoms with Gasteiger partial charge >= 0.3 is 0 Å². The smallest absolute Gasteiger partial charge is 0.222 e. The van der Waals surface area contributed by atoms with Gasteiger partial charge < -0.3 is 4.74 Å². The molecule has 18 heavy (non-hydrogen) atoms. The standard InChI is InChI=1S/C13H14BrClN2O/c1-8-4-5-10(14)6-12(8)18-13-11(7-15)9(2)16-17(13)3/h4-6H,7H2,1-3H3. The molecule has 0 bridgehead atoms. The zero-order valence-corrected chi connectivity index (χ0v) is 12.8. The first-order valence-corrected chi connectivity index (χ1v) is 6.88. The van der Waals surface area contributed by atoms with E-state index in [0.717, 1.165) is 27.0 Å². The Bertz CT molecular complexity index is 581. The Morgan fingerprint density at radius 1 is 1.39 bits per heavy atom. The molecular formula is C13H14BrClN2O. The van der Waals surface area contributed by atoms with Gasteiger partial charge in [0.05, 0.1) is 17.1 Å². The van der Waals surface area contributed by atoms with E-state index in [0.29, 0.717) is 11.8 Å². The Kier molecular flexibility index (Phi) is 3.97. The summed E-state index contributed by atoms with van der Waals surface area (Å²) in [5.74, 6) is 1.89. The lowest BCUT2D eigenvalue weighted by atomic mass is 10.2. The maximum absolute atomic E-state index is 5.95. The van der Waals surface area contributed by atoms with Crippen LogP contribution in [0, 0.1) is 13.8 Å². The van der Waals surface area contributed by atoms with Gasteiger partial charge in [-0.1, -0.05) is 22.0 Å². The van der Waals surface area contributed by atoms with E-state index in [1.54, 1.807) is 4.68 Å². The van der Waals surface area contributed by atoms with Crippen LogP contribution in [0.4, 0.5) is 0 Å². The molecule has 0 N–H and O–H groups in total. The molecule has 96 valence electrons. The van der Waals surface area contributed by atoms with Crippen LogP contribution in [0.2, 0.25) is 0 Å². The van der Waals surface area contributed by atoms with Gasteiger partial charge in [-0.15, -0.1) is 11.6 Å². The van der Waals surface area contributed by atoms with Gasteiger partial charge in [0.1, 0.15) is 5.75 Å². The molecule has 1 aromatic carbocycles. The lowest BCUT2D eigenvalue weighted by Gasteiger charge is -2.10. The number of halogens is 2. The summed E-state index contributed by atoms with van der Waals surface area (Å²) in [6.07, 6.45) is 0. The van der Waals surface area contributed by atoms with Crippen LogP contribution in [0.1, 0.15) is 16.8 Å². The minimum absolute atomic E-state index is 0.391. The average molecular weight is 330 g/mol. The normalized spacial score (nSPS) is 10.7. The van der Waals surface area contributed by atoms with Gasteiger partial charge in [-0.3, -0.25) is 0 Å². The molecule has 0 radical (unpaired) electrons. The van der Waals surface area contributed by atoms with Crippen LogP contribution in [0.5, 0.6) is 11.6 Å². The molecule has 0 atom stereocenters. The highest BCUT2D eigenvalue weighted by Gasteiger charge is 2.15. The summed E-state index contributed by atoms with van der Waals surface area (Å²) >= 11 is 9.39. The third-order valence-corrected chi connectivity index (χ3v) is 3.54. The maximum atomic E-state index is 5.95. The van der Waals surface area contributed by atoms with Gasteiger partial charge in [0, 0.05) is 11.5 Å². The number of ether oxygens (including phenoxy) is 1. The van der Waals surface area contributed by atoms with Crippen molar-refractivity contribution < 1.29 is 4.74 Å². The van der Waals surface area contributed by atoms with Crippen molar-refractivity contribution in [3.05, 3.63) is 39.5 Å².